The molecule has 1 aromatic heterocycles. The van der Waals surface area contributed by atoms with Gasteiger partial charge >= 0.3 is 5.97 Å². The lowest BCUT2D eigenvalue weighted by Gasteiger charge is -2.40. The summed E-state index contributed by atoms with van der Waals surface area (Å²) in [6.07, 6.45) is 1.92. The topological polar surface area (TPSA) is 82.8 Å². The van der Waals surface area contributed by atoms with Crippen molar-refractivity contribution in [2.45, 2.75) is 45.1 Å². The average molecular weight is 497 g/mol. The molecule has 0 saturated carbocycles. The van der Waals surface area contributed by atoms with Crippen molar-refractivity contribution in [3.05, 3.63) is 105 Å². The molecule has 0 radical (unpaired) electrons. The number of para-hydroxylation sites is 1. The highest BCUT2D eigenvalue weighted by molar-refractivity contribution is 5.94. The van der Waals surface area contributed by atoms with Crippen molar-refractivity contribution < 1.29 is 14.3 Å². The molecule has 1 atom stereocenters. The molecule has 2 N–H and O–H groups in total. The number of nitrogens with one attached hydrogen (secondary N) is 1. The summed E-state index contributed by atoms with van der Waals surface area (Å²) in [4.78, 5) is 27.1. The summed E-state index contributed by atoms with van der Waals surface area (Å²) < 4.78 is 6.45. The van der Waals surface area contributed by atoms with E-state index in [0.29, 0.717) is 22.5 Å². The summed E-state index contributed by atoms with van der Waals surface area (Å²) >= 11 is 0. The number of rotatable bonds is 6. The van der Waals surface area contributed by atoms with E-state index in [2.05, 4.69) is 41.4 Å². The zero-order chi connectivity index (χ0) is 26.2. The Kier molecular flexibility index (Phi) is 6.50. The first-order valence-corrected chi connectivity index (χ1v) is 12.7. The van der Waals surface area contributed by atoms with Crippen LogP contribution in [-0.4, -0.2) is 24.2 Å². The molecule has 0 amide bonds. The van der Waals surface area contributed by atoms with Crippen LogP contribution in [0.15, 0.2) is 82.0 Å². The number of aryl methyl sites for hydroxylation is 1. The van der Waals surface area contributed by atoms with E-state index in [1.165, 1.54) is 5.56 Å². The van der Waals surface area contributed by atoms with Gasteiger partial charge in [0.2, 0.25) is 0 Å². The van der Waals surface area contributed by atoms with Gasteiger partial charge in [0.25, 0.3) is 0 Å². The lowest BCUT2D eigenvalue weighted by molar-refractivity contribution is 0.0698. The summed E-state index contributed by atoms with van der Waals surface area (Å²) in [7, 11) is 0. The Bertz CT molecular complexity index is 1500. The molecular formula is C31H32N2O4. The molecule has 1 unspecified atom stereocenters. The number of carboxylic acid groups (broad SMARTS) is 1. The van der Waals surface area contributed by atoms with Crippen LogP contribution in [0.5, 0.6) is 0 Å². The van der Waals surface area contributed by atoms with Gasteiger partial charge in [0, 0.05) is 30.4 Å². The van der Waals surface area contributed by atoms with Crippen molar-refractivity contribution in [3.8, 4) is 0 Å². The zero-order valence-electron chi connectivity index (χ0n) is 21.5. The maximum atomic E-state index is 13.2. The van der Waals surface area contributed by atoms with Crippen LogP contribution < -0.4 is 15.6 Å². The number of benzene rings is 3. The monoisotopic (exact) mass is 496 g/mol. The van der Waals surface area contributed by atoms with E-state index in [1.807, 2.05) is 32.0 Å². The Hall–Kier alpha value is -4.06. The highest BCUT2D eigenvalue weighted by Crippen LogP contribution is 2.37. The number of anilines is 2. The Balaban J connectivity index is 1.47. The minimum atomic E-state index is -0.995. The molecule has 4 aromatic rings. The lowest BCUT2D eigenvalue weighted by atomic mass is 9.74. The smallest absolute Gasteiger partial charge is 0.337 e. The third-order valence-electron chi connectivity index (χ3n) is 7.63. The van der Waals surface area contributed by atoms with E-state index in [9.17, 15) is 14.7 Å². The number of fused-ring (bicyclic) bond motifs is 1. The van der Waals surface area contributed by atoms with Crippen LogP contribution in [0.1, 0.15) is 59.8 Å². The van der Waals surface area contributed by atoms with E-state index in [1.54, 1.807) is 30.3 Å². The number of hydrogen-bond donors (Lipinski definition) is 2. The minimum Gasteiger partial charge on any atom is -0.478 e. The first-order chi connectivity index (χ1) is 17.7. The van der Waals surface area contributed by atoms with Crippen LogP contribution >= 0.6 is 0 Å². The van der Waals surface area contributed by atoms with Crippen LogP contribution in [0.25, 0.3) is 11.0 Å². The second-order valence-electron chi connectivity index (χ2n) is 10.3. The van der Waals surface area contributed by atoms with Crippen molar-refractivity contribution in [2.24, 2.45) is 0 Å². The Morgan fingerprint density at radius 1 is 1.03 bits per heavy atom. The van der Waals surface area contributed by atoms with Gasteiger partial charge in [-0.2, -0.15) is 0 Å². The minimum absolute atomic E-state index is 0.0734. The summed E-state index contributed by atoms with van der Waals surface area (Å²) in [5.74, 6) is -0.415. The van der Waals surface area contributed by atoms with Gasteiger partial charge < -0.3 is 19.7 Å². The molecule has 5 rings (SSSR count). The molecule has 6 heteroatoms. The summed E-state index contributed by atoms with van der Waals surface area (Å²) in [6, 6.07) is 22.6. The third-order valence-corrected chi connectivity index (χ3v) is 7.63. The molecule has 190 valence electrons. The van der Waals surface area contributed by atoms with Crippen LogP contribution in [-0.2, 0) is 5.41 Å². The number of carbonyl (C=O) groups is 1. The van der Waals surface area contributed by atoms with Crippen molar-refractivity contribution in [1.82, 2.24) is 0 Å². The fraction of sp³-hybridized carbons (Fsp3) is 0.290. The van der Waals surface area contributed by atoms with Gasteiger partial charge in [-0.3, -0.25) is 4.79 Å². The molecule has 1 saturated heterocycles. The largest absolute Gasteiger partial charge is 0.478 e. The van der Waals surface area contributed by atoms with Gasteiger partial charge in [-0.15, -0.1) is 0 Å². The third kappa shape index (κ3) is 4.84. The molecule has 6 nitrogen and oxygen atoms in total. The summed E-state index contributed by atoms with van der Waals surface area (Å²) in [6.45, 7) is 7.79. The predicted octanol–water partition coefficient (Wildman–Crippen LogP) is 6.53. The van der Waals surface area contributed by atoms with Gasteiger partial charge in [0.05, 0.1) is 17.0 Å². The Morgan fingerprint density at radius 2 is 1.70 bits per heavy atom. The van der Waals surface area contributed by atoms with Crippen molar-refractivity contribution in [1.29, 1.82) is 0 Å². The van der Waals surface area contributed by atoms with E-state index in [-0.39, 0.29) is 22.4 Å². The summed E-state index contributed by atoms with van der Waals surface area (Å²) in [5, 5.41) is 13.4. The second kappa shape index (κ2) is 9.77. The van der Waals surface area contributed by atoms with E-state index in [4.69, 9.17) is 4.42 Å². The van der Waals surface area contributed by atoms with E-state index < -0.39 is 5.97 Å². The molecule has 2 heterocycles. The fourth-order valence-corrected chi connectivity index (χ4v) is 5.36. The molecular weight excluding hydrogens is 464 g/mol. The zero-order valence-corrected chi connectivity index (χ0v) is 21.5. The number of hydrogen-bond acceptors (Lipinski definition) is 5. The van der Waals surface area contributed by atoms with Crippen molar-refractivity contribution >= 4 is 28.5 Å². The quantitative estimate of drug-likeness (QED) is 0.316. The number of piperidine rings is 1. The predicted molar refractivity (Wildman–Crippen MR) is 148 cm³/mol. The van der Waals surface area contributed by atoms with Crippen LogP contribution in [0, 0.1) is 6.92 Å². The van der Waals surface area contributed by atoms with Crippen molar-refractivity contribution in [3.63, 3.8) is 0 Å². The number of nitrogens with zero attached hydrogens (tertiary/aromatic N) is 1. The molecule has 0 bridgehead atoms. The van der Waals surface area contributed by atoms with Crippen molar-refractivity contribution in [2.75, 3.05) is 23.3 Å². The van der Waals surface area contributed by atoms with Gasteiger partial charge in [0.1, 0.15) is 5.58 Å². The maximum absolute atomic E-state index is 13.2. The molecule has 1 aliphatic heterocycles. The van der Waals surface area contributed by atoms with Gasteiger partial charge in [0.15, 0.2) is 11.3 Å². The van der Waals surface area contributed by atoms with Crippen LogP contribution in [0.2, 0.25) is 0 Å². The molecule has 37 heavy (non-hydrogen) atoms. The molecule has 1 fully saturated rings. The SMILES string of the molecule is Cc1cc(C(C)Nc2ccccc2C(=O)O)c2oc(N3CCC(C)(c4ccccc4)CC3)cc(=O)c2c1. The fourth-order valence-electron chi connectivity index (χ4n) is 5.36. The molecule has 1 aliphatic rings. The highest BCUT2D eigenvalue weighted by Gasteiger charge is 2.32. The van der Waals surface area contributed by atoms with E-state index >= 15 is 0 Å². The standard InChI is InChI=1S/C31H32N2O4/c1-20-17-24(21(2)32-26-12-8-7-11-23(26)30(35)36)29-25(18-20)27(34)19-28(37-29)33-15-13-31(3,14-16-33)22-9-5-4-6-10-22/h4-12,17-19,21,32H,13-16H2,1-3H3,(H,35,36). The second-order valence-corrected chi connectivity index (χ2v) is 10.3. The lowest BCUT2D eigenvalue weighted by Crippen LogP contribution is -2.41. The van der Waals surface area contributed by atoms with E-state index in [0.717, 1.165) is 37.1 Å². The Labute approximate surface area is 216 Å². The Morgan fingerprint density at radius 3 is 2.41 bits per heavy atom. The van der Waals surface area contributed by atoms with Crippen LogP contribution in [0.4, 0.5) is 11.6 Å². The van der Waals surface area contributed by atoms with Crippen LogP contribution in [0.3, 0.4) is 0 Å². The number of aromatic carboxylic acids is 1. The first kappa shape index (κ1) is 24.6. The summed E-state index contributed by atoms with van der Waals surface area (Å²) in [5.41, 5.74) is 4.38. The number of carboxylic acids is 1. The first-order valence-electron chi connectivity index (χ1n) is 12.7. The highest BCUT2D eigenvalue weighted by atomic mass is 16.4. The maximum Gasteiger partial charge on any atom is 0.337 e. The van der Waals surface area contributed by atoms with Gasteiger partial charge in [-0.1, -0.05) is 55.5 Å². The van der Waals surface area contributed by atoms with Gasteiger partial charge in [-0.25, -0.2) is 4.79 Å². The average Bonchev–Trinajstić information content (AvgIpc) is 2.89. The molecule has 0 spiro atoms. The van der Waals surface area contributed by atoms with Gasteiger partial charge in [-0.05, 0) is 61.4 Å². The normalized spacial score (nSPS) is 15.9. The molecule has 3 aromatic carbocycles. The molecule has 0 aliphatic carbocycles.